The van der Waals surface area contributed by atoms with Crippen LogP contribution in [-0.2, 0) is 6.42 Å². The maximum Gasteiger partial charge on any atom is 0.152 e. The molecule has 3 aromatic rings. The first-order valence-electron chi connectivity index (χ1n) is 10.5. The van der Waals surface area contributed by atoms with Crippen LogP contribution in [0.3, 0.4) is 0 Å². The molecule has 28 heavy (non-hydrogen) atoms. The summed E-state index contributed by atoms with van der Waals surface area (Å²) in [6.07, 6.45) is 9.60. The van der Waals surface area contributed by atoms with Gasteiger partial charge in [0, 0.05) is 39.7 Å². The topological polar surface area (TPSA) is 34.0 Å². The van der Waals surface area contributed by atoms with Crippen LogP contribution in [0.4, 0.5) is 5.69 Å². The van der Waals surface area contributed by atoms with E-state index in [9.17, 15) is 4.79 Å². The number of para-hydroxylation sites is 1. The number of anilines is 1. The number of carbonyl (C=O) groups excluding carboxylic acids is 1. The molecule has 2 aliphatic rings. The standard InChI is InChI=1S/C24H26N2OS/c27-16-18-13-12-17(15-21(18)25-19-7-2-1-3-8-19)24-20-9-4-5-10-22(20)26-23(24)11-6-14-28-26/h4-5,9-10,12-13,15-16,19,25H,1-3,6-8,11,14H2. The van der Waals surface area contributed by atoms with Gasteiger partial charge in [-0.05, 0) is 61.4 Å². The monoisotopic (exact) mass is 390 g/mol. The van der Waals surface area contributed by atoms with E-state index in [1.54, 1.807) is 0 Å². The zero-order chi connectivity index (χ0) is 18.9. The molecule has 4 heteroatoms. The highest BCUT2D eigenvalue weighted by Gasteiger charge is 2.22. The lowest BCUT2D eigenvalue weighted by Crippen LogP contribution is -2.22. The summed E-state index contributed by atoms with van der Waals surface area (Å²) in [5.41, 5.74) is 7.04. The summed E-state index contributed by atoms with van der Waals surface area (Å²) in [6, 6.07) is 15.5. The van der Waals surface area contributed by atoms with Crippen LogP contribution in [-0.4, -0.2) is 22.1 Å². The van der Waals surface area contributed by atoms with E-state index in [2.05, 4.69) is 45.7 Å². The van der Waals surface area contributed by atoms with Gasteiger partial charge in [0.2, 0.25) is 0 Å². The van der Waals surface area contributed by atoms with Crippen molar-refractivity contribution in [2.45, 2.75) is 51.0 Å². The number of carbonyl (C=O) groups is 1. The molecule has 3 nitrogen and oxygen atoms in total. The van der Waals surface area contributed by atoms with Gasteiger partial charge in [-0.2, -0.15) is 0 Å². The summed E-state index contributed by atoms with van der Waals surface area (Å²) in [5.74, 6) is 1.17. The normalized spacial score (nSPS) is 17.4. The van der Waals surface area contributed by atoms with Gasteiger partial charge >= 0.3 is 0 Å². The van der Waals surface area contributed by atoms with Crippen LogP contribution in [0, 0.1) is 0 Å². The minimum atomic E-state index is 0.484. The third-order valence-corrected chi connectivity index (χ3v) is 7.28. The molecule has 0 unspecified atom stereocenters. The number of benzene rings is 2. The Morgan fingerprint density at radius 3 is 2.75 bits per heavy atom. The summed E-state index contributed by atoms with van der Waals surface area (Å²) in [5, 5.41) is 5.00. The number of aldehydes is 1. The van der Waals surface area contributed by atoms with Gasteiger partial charge in [-0.15, -0.1) is 0 Å². The van der Waals surface area contributed by atoms with E-state index in [0.29, 0.717) is 6.04 Å². The molecule has 1 N–H and O–H groups in total. The van der Waals surface area contributed by atoms with Gasteiger partial charge in [0.15, 0.2) is 6.29 Å². The molecule has 0 amide bonds. The quantitative estimate of drug-likeness (QED) is 0.530. The Kier molecular flexibility index (Phi) is 4.89. The minimum absolute atomic E-state index is 0.484. The predicted molar refractivity (Wildman–Crippen MR) is 119 cm³/mol. The van der Waals surface area contributed by atoms with Gasteiger partial charge in [-0.3, -0.25) is 8.77 Å². The highest BCUT2D eigenvalue weighted by molar-refractivity contribution is 7.98. The molecule has 1 saturated carbocycles. The van der Waals surface area contributed by atoms with Gasteiger partial charge in [-0.1, -0.05) is 43.5 Å². The second-order valence-electron chi connectivity index (χ2n) is 7.97. The van der Waals surface area contributed by atoms with E-state index in [-0.39, 0.29) is 0 Å². The SMILES string of the molecule is O=Cc1ccc(-c2c3n(c4ccccc24)SCCC3)cc1NC1CCCCC1. The van der Waals surface area contributed by atoms with E-state index in [1.165, 1.54) is 72.0 Å². The molecule has 0 spiro atoms. The number of hydrogen-bond acceptors (Lipinski definition) is 3. The van der Waals surface area contributed by atoms with Crippen LogP contribution in [0.15, 0.2) is 42.5 Å². The van der Waals surface area contributed by atoms with Crippen molar-refractivity contribution in [3.05, 3.63) is 53.7 Å². The Bertz CT molecular complexity index is 1020. The van der Waals surface area contributed by atoms with E-state index >= 15 is 0 Å². The summed E-state index contributed by atoms with van der Waals surface area (Å²) in [4.78, 5) is 11.7. The Morgan fingerprint density at radius 2 is 1.89 bits per heavy atom. The third kappa shape index (κ3) is 3.14. The fourth-order valence-electron chi connectivity index (χ4n) is 4.76. The van der Waals surface area contributed by atoms with Crippen molar-refractivity contribution in [1.82, 2.24) is 3.97 Å². The smallest absolute Gasteiger partial charge is 0.152 e. The number of nitrogens with zero attached hydrogens (tertiary/aromatic N) is 1. The zero-order valence-electron chi connectivity index (χ0n) is 16.1. The molecule has 1 aromatic heterocycles. The lowest BCUT2D eigenvalue weighted by Gasteiger charge is -2.25. The number of fused-ring (bicyclic) bond motifs is 3. The Balaban J connectivity index is 1.62. The molecular formula is C24H26N2OS. The van der Waals surface area contributed by atoms with Crippen LogP contribution in [0.25, 0.3) is 22.0 Å². The molecule has 0 bridgehead atoms. The van der Waals surface area contributed by atoms with Crippen molar-refractivity contribution in [3.63, 3.8) is 0 Å². The van der Waals surface area contributed by atoms with Gasteiger partial charge in [0.25, 0.3) is 0 Å². The second kappa shape index (κ2) is 7.67. The molecule has 0 saturated heterocycles. The van der Waals surface area contributed by atoms with Gasteiger partial charge < -0.3 is 5.32 Å². The first-order chi connectivity index (χ1) is 13.8. The Hall–Kier alpha value is -2.20. The summed E-state index contributed by atoms with van der Waals surface area (Å²) in [7, 11) is 0. The van der Waals surface area contributed by atoms with Crippen LogP contribution >= 0.6 is 11.9 Å². The highest BCUT2D eigenvalue weighted by Crippen LogP contribution is 2.41. The molecule has 1 fully saturated rings. The van der Waals surface area contributed by atoms with E-state index < -0.39 is 0 Å². The maximum atomic E-state index is 11.7. The highest BCUT2D eigenvalue weighted by atomic mass is 32.2. The van der Waals surface area contributed by atoms with Crippen molar-refractivity contribution in [3.8, 4) is 11.1 Å². The van der Waals surface area contributed by atoms with Crippen LogP contribution in [0.2, 0.25) is 0 Å². The molecule has 1 aliphatic heterocycles. The molecule has 144 valence electrons. The number of nitrogens with one attached hydrogen (secondary N) is 1. The molecule has 2 aromatic carbocycles. The van der Waals surface area contributed by atoms with Crippen molar-refractivity contribution in [1.29, 1.82) is 0 Å². The van der Waals surface area contributed by atoms with Gasteiger partial charge in [0.05, 0.1) is 5.52 Å². The number of hydrogen-bond donors (Lipinski definition) is 1. The first kappa shape index (κ1) is 17.9. The van der Waals surface area contributed by atoms with Crippen LogP contribution in [0.5, 0.6) is 0 Å². The van der Waals surface area contributed by atoms with Gasteiger partial charge in [-0.25, -0.2) is 0 Å². The molecule has 0 atom stereocenters. The first-order valence-corrected chi connectivity index (χ1v) is 11.4. The number of aromatic nitrogens is 1. The van der Waals surface area contributed by atoms with Crippen molar-refractivity contribution < 1.29 is 4.79 Å². The lowest BCUT2D eigenvalue weighted by molar-refractivity contribution is 0.112. The average Bonchev–Trinajstić information content (AvgIpc) is 3.09. The maximum absolute atomic E-state index is 11.7. The van der Waals surface area contributed by atoms with E-state index in [1.807, 2.05) is 18.0 Å². The van der Waals surface area contributed by atoms with E-state index in [0.717, 1.165) is 24.0 Å². The lowest BCUT2D eigenvalue weighted by atomic mass is 9.94. The number of rotatable bonds is 4. The van der Waals surface area contributed by atoms with Crippen molar-refractivity contribution in [2.24, 2.45) is 0 Å². The fourth-order valence-corrected chi connectivity index (χ4v) is 5.86. The molecule has 2 heterocycles. The predicted octanol–water partition coefficient (Wildman–Crippen LogP) is 6.31. The summed E-state index contributed by atoms with van der Waals surface area (Å²) >= 11 is 1.92. The summed E-state index contributed by atoms with van der Waals surface area (Å²) < 4.78 is 2.43. The molecule has 1 aliphatic carbocycles. The Morgan fingerprint density at radius 1 is 1.04 bits per heavy atom. The van der Waals surface area contributed by atoms with Crippen LogP contribution < -0.4 is 5.32 Å². The van der Waals surface area contributed by atoms with Crippen LogP contribution in [0.1, 0.15) is 54.6 Å². The largest absolute Gasteiger partial charge is 0.382 e. The summed E-state index contributed by atoms with van der Waals surface area (Å²) in [6.45, 7) is 0. The molecule has 5 rings (SSSR count). The molecule has 0 radical (unpaired) electrons. The fraction of sp³-hybridized carbons (Fsp3) is 0.375. The second-order valence-corrected chi connectivity index (χ2v) is 9.00. The Labute approximate surface area is 170 Å². The van der Waals surface area contributed by atoms with Gasteiger partial charge in [0.1, 0.15) is 0 Å². The minimum Gasteiger partial charge on any atom is -0.382 e. The van der Waals surface area contributed by atoms with Crippen molar-refractivity contribution >= 4 is 34.8 Å². The zero-order valence-corrected chi connectivity index (χ0v) is 16.9. The van der Waals surface area contributed by atoms with E-state index in [4.69, 9.17) is 0 Å². The average molecular weight is 391 g/mol. The third-order valence-electron chi connectivity index (χ3n) is 6.14. The van der Waals surface area contributed by atoms with Crippen molar-refractivity contribution in [2.75, 3.05) is 11.1 Å². The molecular weight excluding hydrogens is 364 g/mol.